The highest BCUT2D eigenvalue weighted by Gasteiger charge is 2.19. The number of hydrogen-bond donors (Lipinski definition) is 2. The molecule has 2 aromatic heterocycles. The van der Waals surface area contributed by atoms with Gasteiger partial charge in [0.1, 0.15) is 22.8 Å². The molecular formula is C23H24N4O5. The van der Waals surface area contributed by atoms with E-state index in [1.54, 1.807) is 32.2 Å². The molecule has 32 heavy (non-hydrogen) atoms. The molecule has 9 heteroatoms. The molecule has 3 aromatic rings. The molecule has 3 N–H and O–H groups in total. The topological polar surface area (TPSA) is 126 Å². The maximum absolute atomic E-state index is 12.6. The summed E-state index contributed by atoms with van der Waals surface area (Å²) in [7, 11) is 1.59. The first kappa shape index (κ1) is 22.5. The molecule has 0 unspecified atom stereocenters. The number of fused-ring (bicyclic) bond motifs is 1. The number of carbonyl (C=O) groups excluding carboxylic acids is 2. The summed E-state index contributed by atoms with van der Waals surface area (Å²) in [6, 6.07) is 8.95. The highest BCUT2D eigenvalue weighted by Crippen LogP contribution is 2.33. The van der Waals surface area contributed by atoms with Crippen LogP contribution in [-0.4, -0.2) is 42.2 Å². The molecule has 166 valence electrons. The summed E-state index contributed by atoms with van der Waals surface area (Å²) in [5.74, 6) is -0.0135. The first-order valence-corrected chi connectivity index (χ1v) is 9.99. The number of nitrogens with two attached hydrogens (primary N) is 1. The van der Waals surface area contributed by atoms with Crippen molar-refractivity contribution in [2.45, 2.75) is 13.8 Å². The number of pyridine rings is 2. The van der Waals surface area contributed by atoms with E-state index < -0.39 is 11.9 Å². The third-order valence-corrected chi connectivity index (χ3v) is 4.41. The lowest BCUT2D eigenvalue weighted by molar-refractivity contribution is -0.113. The van der Waals surface area contributed by atoms with Crippen LogP contribution in [0.5, 0.6) is 11.5 Å². The van der Waals surface area contributed by atoms with Crippen LogP contribution in [0.2, 0.25) is 0 Å². The van der Waals surface area contributed by atoms with Crippen LogP contribution in [0.25, 0.3) is 17.1 Å². The van der Waals surface area contributed by atoms with Crippen molar-refractivity contribution in [1.29, 1.82) is 0 Å². The Balaban J connectivity index is 2.19. The summed E-state index contributed by atoms with van der Waals surface area (Å²) in [5.41, 5.74) is 7.39. The Bertz CT molecular complexity index is 1160. The number of anilines is 2. The second kappa shape index (κ2) is 10.3. The number of methoxy groups -OCH3 is 1. The van der Waals surface area contributed by atoms with Crippen molar-refractivity contribution in [3.63, 3.8) is 0 Å². The van der Waals surface area contributed by atoms with Gasteiger partial charge in [0.2, 0.25) is 5.91 Å². The predicted molar refractivity (Wildman–Crippen MR) is 121 cm³/mol. The lowest BCUT2D eigenvalue weighted by Crippen LogP contribution is -2.10. The van der Waals surface area contributed by atoms with Crippen molar-refractivity contribution in [3.05, 3.63) is 53.9 Å². The fraction of sp³-hybridized carbons (Fsp3) is 0.217. The third-order valence-electron chi connectivity index (χ3n) is 4.41. The van der Waals surface area contributed by atoms with E-state index in [9.17, 15) is 9.59 Å². The monoisotopic (exact) mass is 436 g/mol. The number of aromatic nitrogens is 2. The van der Waals surface area contributed by atoms with Crippen molar-refractivity contribution in [1.82, 2.24) is 9.97 Å². The zero-order valence-corrected chi connectivity index (χ0v) is 18.0. The van der Waals surface area contributed by atoms with Crippen molar-refractivity contribution in [2.75, 3.05) is 25.6 Å². The van der Waals surface area contributed by atoms with Crippen molar-refractivity contribution >= 4 is 40.4 Å². The number of carbonyl (C=O) groups is 2. The Hall–Kier alpha value is -4.14. The highest BCUT2D eigenvalue weighted by atomic mass is 16.5. The van der Waals surface area contributed by atoms with E-state index >= 15 is 0 Å². The van der Waals surface area contributed by atoms with E-state index in [1.807, 2.05) is 19.1 Å². The smallest absolute Gasteiger partial charge is 0.341 e. The summed E-state index contributed by atoms with van der Waals surface area (Å²) >= 11 is 0. The van der Waals surface area contributed by atoms with E-state index in [1.165, 1.54) is 18.3 Å². The van der Waals surface area contributed by atoms with Crippen LogP contribution >= 0.6 is 0 Å². The first-order valence-electron chi connectivity index (χ1n) is 9.99. The molecule has 0 atom stereocenters. The molecule has 2 heterocycles. The minimum absolute atomic E-state index is 0.220. The van der Waals surface area contributed by atoms with Gasteiger partial charge in [-0.25, -0.2) is 14.8 Å². The molecule has 0 saturated carbocycles. The molecule has 1 amide bonds. The van der Waals surface area contributed by atoms with Crippen LogP contribution in [-0.2, 0) is 9.53 Å². The minimum atomic E-state index is -0.609. The van der Waals surface area contributed by atoms with Gasteiger partial charge in [0, 0.05) is 23.3 Å². The molecular weight excluding hydrogens is 412 g/mol. The van der Waals surface area contributed by atoms with Crippen molar-refractivity contribution in [3.8, 4) is 11.5 Å². The second-order valence-electron chi connectivity index (χ2n) is 6.53. The number of primary amides is 1. The van der Waals surface area contributed by atoms with E-state index in [-0.39, 0.29) is 12.2 Å². The lowest BCUT2D eigenvalue weighted by Gasteiger charge is -2.16. The zero-order valence-electron chi connectivity index (χ0n) is 18.0. The Morgan fingerprint density at radius 3 is 2.53 bits per heavy atom. The number of rotatable bonds is 9. The highest BCUT2D eigenvalue weighted by molar-refractivity contribution is 6.06. The standard InChI is InChI=1S/C23H24N4O5/c1-4-31-19-12-16-21(26-14-6-8-15(30-3)9-7-14)17(23(29)32-5-2)13-25-22(16)27-18(19)10-11-20(24)28/h6-13H,4-5H2,1-3H3,(H2,24,28)(H,25,26,27). The van der Waals surface area contributed by atoms with Gasteiger partial charge < -0.3 is 25.3 Å². The maximum atomic E-state index is 12.6. The normalized spacial score (nSPS) is 10.8. The molecule has 1 aromatic carbocycles. The number of benzene rings is 1. The van der Waals surface area contributed by atoms with Gasteiger partial charge in [0.15, 0.2) is 5.65 Å². The van der Waals surface area contributed by atoms with Gasteiger partial charge in [-0.1, -0.05) is 0 Å². The summed E-state index contributed by atoms with van der Waals surface area (Å²) in [6.07, 6.45) is 4.06. The van der Waals surface area contributed by atoms with Crippen LogP contribution in [0.4, 0.5) is 11.4 Å². The molecule has 3 rings (SSSR count). The second-order valence-corrected chi connectivity index (χ2v) is 6.53. The molecule has 0 aliphatic heterocycles. The number of hydrogen-bond acceptors (Lipinski definition) is 8. The van der Waals surface area contributed by atoms with Crippen molar-refractivity contribution in [2.24, 2.45) is 5.73 Å². The quantitative estimate of drug-likeness (QED) is 0.386. The summed E-state index contributed by atoms with van der Waals surface area (Å²) in [4.78, 5) is 32.6. The Kier molecular flexibility index (Phi) is 7.22. The average Bonchev–Trinajstić information content (AvgIpc) is 2.78. The first-order chi connectivity index (χ1) is 15.5. The molecule has 0 fully saturated rings. The van der Waals surface area contributed by atoms with Gasteiger partial charge >= 0.3 is 5.97 Å². The van der Waals surface area contributed by atoms with Gasteiger partial charge in [0.05, 0.1) is 26.0 Å². The average molecular weight is 436 g/mol. The number of esters is 1. The van der Waals surface area contributed by atoms with Gasteiger partial charge in [-0.15, -0.1) is 0 Å². The van der Waals surface area contributed by atoms with Crippen LogP contribution in [0.3, 0.4) is 0 Å². The van der Waals surface area contributed by atoms with Gasteiger partial charge in [-0.3, -0.25) is 4.79 Å². The predicted octanol–water partition coefficient (Wildman–Crippen LogP) is 3.46. The molecule has 0 radical (unpaired) electrons. The van der Waals surface area contributed by atoms with Gasteiger partial charge in [-0.05, 0) is 50.3 Å². The van der Waals surface area contributed by atoms with Crippen LogP contribution < -0.4 is 20.5 Å². The molecule has 0 aliphatic carbocycles. The fourth-order valence-electron chi connectivity index (χ4n) is 2.99. The molecule has 0 aliphatic rings. The fourth-order valence-corrected chi connectivity index (χ4v) is 2.99. The summed E-state index contributed by atoms with van der Waals surface area (Å²) < 4.78 is 16.1. The maximum Gasteiger partial charge on any atom is 0.341 e. The number of amides is 1. The molecule has 0 bridgehead atoms. The Labute approximate surface area is 185 Å². The van der Waals surface area contributed by atoms with E-state index in [0.29, 0.717) is 40.5 Å². The van der Waals surface area contributed by atoms with Crippen LogP contribution in [0, 0.1) is 0 Å². The van der Waals surface area contributed by atoms with Crippen LogP contribution in [0.1, 0.15) is 29.9 Å². The molecule has 0 saturated heterocycles. The Morgan fingerprint density at radius 1 is 1.16 bits per heavy atom. The minimum Gasteiger partial charge on any atom is -0.497 e. The lowest BCUT2D eigenvalue weighted by atomic mass is 10.1. The van der Waals surface area contributed by atoms with Crippen molar-refractivity contribution < 1.29 is 23.8 Å². The summed E-state index contributed by atoms with van der Waals surface area (Å²) in [5, 5.41) is 3.81. The molecule has 0 spiro atoms. The van der Waals surface area contributed by atoms with E-state index in [4.69, 9.17) is 19.9 Å². The zero-order chi connectivity index (χ0) is 23.1. The SMILES string of the molecule is CCOC(=O)c1cnc2nc(C=CC(N)=O)c(OCC)cc2c1Nc1ccc(OC)cc1. The summed E-state index contributed by atoms with van der Waals surface area (Å²) in [6.45, 7) is 4.15. The van der Waals surface area contributed by atoms with E-state index in [0.717, 1.165) is 5.69 Å². The number of ether oxygens (including phenoxy) is 3. The molecule has 9 nitrogen and oxygen atoms in total. The van der Waals surface area contributed by atoms with Gasteiger partial charge in [-0.2, -0.15) is 0 Å². The number of nitrogens with one attached hydrogen (secondary N) is 1. The van der Waals surface area contributed by atoms with E-state index in [2.05, 4.69) is 15.3 Å². The largest absolute Gasteiger partial charge is 0.497 e. The van der Waals surface area contributed by atoms with Crippen LogP contribution in [0.15, 0.2) is 42.6 Å². The Morgan fingerprint density at radius 2 is 1.91 bits per heavy atom. The number of nitrogens with zero attached hydrogens (tertiary/aromatic N) is 2. The van der Waals surface area contributed by atoms with Gasteiger partial charge in [0.25, 0.3) is 0 Å². The third kappa shape index (κ3) is 5.12.